The van der Waals surface area contributed by atoms with E-state index in [9.17, 15) is 0 Å². The van der Waals surface area contributed by atoms with Crippen LogP contribution in [-0.4, -0.2) is 18.6 Å². The molecule has 0 radical (unpaired) electrons. The third-order valence-corrected chi connectivity index (χ3v) is 3.93. The number of fused-ring (bicyclic) bond motifs is 2. The van der Waals surface area contributed by atoms with E-state index in [-0.39, 0.29) is 0 Å². The number of aromatic nitrogens is 1. The molecule has 1 heterocycles. The molecule has 0 unspecified atom stereocenters. The number of rotatable bonds is 2. The summed E-state index contributed by atoms with van der Waals surface area (Å²) in [7, 11) is 2.06. The Morgan fingerprint density at radius 2 is 1.90 bits per heavy atom. The Balaban J connectivity index is 2.31. The number of hydrogen-bond donors (Lipinski definition) is 1. The summed E-state index contributed by atoms with van der Waals surface area (Å²) in [5.41, 5.74) is 5.64. The largest absolute Gasteiger partial charge is 0.453 e. The molecular formula is C17H19N3O. The zero-order valence-electron chi connectivity index (χ0n) is 12.8. The molecule has 0 atom stereocenters. The predicted octanol–water partition coefficient (Wildman–Crippen LogP) is 3.49. The second kappa shape index (κ2) is 4.88. The summed E-state index contributed by atoms with van der Waals surface area (Å²) in [6.07, 6.45) is 0. The van der Waals surface area contributed by atoms with Crippen molar-refractivity contribution >= 4 is 16.8 Å². The molecule has 3 rings (SSSR count). The van der Waals surface area contributed by atoms with Crippen LogP contribution in [0.4, 0.5) is 5.69 Å². The standard InChI is InChI=1S/C17H19N3O/c1-5-20(4)15-9-17-14(7-11(15)3)19-13-6-10(2)12(18)8-16(13)21-17/h6-9,18H,5H2,1-4H3. The first-order valence-corrected chi connectivity index (χ1v) is 7.11. The van der Waals surface area contributed by atoms with Crippen LogP contribution < -0.4 is 10.3 Å². The average molecular weight is 281 g/mol. The zero-order chi connectivity index (χ0) is 15.1. The Kier molecular flexibility index (Phi) is 3.16. The van der Waals surface area contributed by atoms with Gasteiger partial charge >= 0.3 is 0 Å². The van der Waals surface area contributed by atoms with Crippen molar-refractivity contribution in [2.45, 2.75) is 20.8 Å². The number of nitrogens with zero attached hydrogens (tertiary/aromatic N) is 2. The van der Waals surface area contributed by atoms with Crippen LogP contribution in [-0.2, 0) is 0 Å². The van der Waals surface area contributed by atoms with Crippen LogP contribution in [0.25, 0.3) is 22.6 Å². The number of hydrogen-bond acceptors (Lipinski definition) is 4. The maximum atomic E-state index is 7.89. The van der Waals surface area contributed by atoms with Crippen LogP contribution in [0.5, 0.6) is 0 Å². The van der Waals surface area contributed by atoms with Gasteiger partial charge in [0, 0.05) is 31.4 Å². The van der Waals surface area contributed by atoms with Crippen LogP contribution in [0.3, 0.4) is 0 Å². The van der Waals surface area contributed by atoms with Gasteiger partial charge in [-0.15, -0.1) is 0 Å². The van der Waals surface area contributed by atoms with Gasteiger partial charge in [-0.2, -0.15) is 0 Å². The van der Waals surface area contributed by atoms with Gasteiger partial charge in [0.25, 0.3) is 0 Å². The van der Waals surface area contributed by atoms with Crippen LogP contribution in [0.2, 0.25) is 0 Å². The fourth-order valence-electron chi connectivity index (χ4n) is 2.50. The predicted molar refractivity (Wildman–Crippen MR) is 84.9 cm³/mol. The lowest BCUT2D eigenvalue weighted by molar-refractivity contribution is 0.611. The lowest BCUT2D eigenvalue weighted by atomic mass is 10.1. The third kappa shape index (κ3) is 2.27. The third-order valence-electron chi connectivity index (χ3n) is 3.93. The van der Waals surface area contributed by atoms with Gasteiger partial charge in [-0.05, 0) is 44.0 Å². The fraction of sp³-hybridized carbons (Fsp3) is 0.294. The maximum Gasteiger partial charge on any atom is 0.155 e. The minimum Gasteiger partial charge on any atom is -0.453 e. The molecule has 0 saturated carbocycles. The first-order chi connectivity index (χ1) is 9.99. The lowest BCUT2D eigenvalue weighted by Gasteiger charge is -2.20. The van der Waals surface area contributed by atoms with Crippen molar-refractivity contribution in [2.75, 3.05) is 18.5 Å². The summed E-state index contributed by atoms with van der Waals surface area (Å²) in [5.74, 6) is 0.659. The van der Waals surface area contributed by atoms with E-state index in [1.165, 1.54) is 5.56 Å². The quantitative estimate of drug-likeness (QED) is 0.732. The molecule has 0 bridgehead atoms. The highest BCUT2D eigenvalue weighted by atomic mass is 16.3. The van der Waals surface area contributed by atoms with Crippen molar-refractivity contribution in [3.05, 3.63) is 40.7 Å². The first kappa shape index (κ1) is 13.6. The van der Waals surface area contributed by atoms with Crippen molar-refractivity contribution in [1.82, 2.24) is 4.98 Å². The summed E-state index contributed by atoms with van der Waals surface area (Å²) in [6, 6.07) is 7.73. The van der Waals surface area contributed by atoms with Gasteiger partial charge in [-0.3, -0.25) is 0 Å². The summed E-state index contributed by atoms with van der Waals surface area (Å²) < 4.78 is 5.96. The highest BCUT2D eigenvalue weighted by Crippen LogP contribution is 2.29. The van der Waals surface area contributed by atoms with Crippen molar-refractivity contribution in [3.8, 4) is 11.5 Å². The number of anilines is 1. The van der Waals surface area contributed by atoms with E-state index in [4.69, 9.17) is 9.83 Å². The zero-order valence-corrected chi connectivity index (χ0v) is 12.8. The molecule has 21 heavy (non-hydrogen) atoms. The monoisotopic (exact) mass is 281 g/mol. The molecule has 0 fully saturated rings. The van der Waals surface area contributed by atoms with Crippen molar-refractivity contribution in [1.29, 1.82) is 5.41 Å². The Labute approximate surface area is 123 Å². The second-order valence-electron chi connectivity index (χ2n) is 5.47. The molecule has 4 heteroatoms. The smallest absolute Gasteiger partial charge is 0.155 e. The Morgan fingerprint density at radius 3 is 2.62 bits per heavy atom. The Morgan fingerprint density at radius 1 is 1.14 bits per heavy atom. The van der Waals surface area contributed by atoms with Crippen LogP contribution >= 0.6 is 0 Å². The molecule has 0 amide bonds. The second-order valence-corrected chi connectivity index (χ2v) is 5.47. The Bertz CT molecular complexity index is 851. The van der Waals surface area contributed by atoms with Gasteiger partial charge in [-0.25, -0.2) is 4.98 Å². The molecule has 1 aliphatic carbocycles. The van der Waals surface area contributed by atoms with Gasteiger partial charge in [0.2, 0.25) is 0 Å². The normalized spacial score (nSPS) is 11.2. The van der Waals surface area contributed by atoms with Crippen LogP contribution in [0.1, 0.15) is 18.1 Å². The summed E-state index contributed by atoms with van der Waals surface area (Å²) >= 11 is 0. The van der Waals surface area contributed by atoms with Gasteiger partial charge in [0.05, 0.1) is 5.36 Å². The molecule has 108 valence electrons. The highest BCUT2D eigenvalue weighted by molar-refractivity contribution is 5.82. The average Bonchev–Trinajstić information content (AvgIpc) is 2.45. The molecule has 1 aromatic carbocycles. The van der Waals surface area contributed by atoms with E-state index in [2.05, 4.69) is 36.8 Å². The number of aryl methyl sites for hydroxylation is 2. The fourth-order valence-corrected chi connectivity index (χ4v) is 2.50. The first-order valence-electron chi connectivity index (χ1n) is 7.11. The van der Waals surface area contributed by atoms with E-state index in [1.54, 1.807) is 6.07 Å². The molecular weight excluding hydrogens is 262 g/mol. The van der Waals surface area contributed by atoms with E-state index < -0.39 is 0 Å². The number of benzene rings is 2. The molecule has 1 aromatic rings. The van der Waals surface area contributed by atoms with E-state index in [0.717, 1.165) is 34.6 Å². The van der Waals surface area contributed by atoms with Crippen LogP contribution in [0.15, 0.2) is 28.7 Å². The van der Waals surface area contributed by atoms with E-state index in [1.807, 2.05) is 19.1 Å². The highest BCUT2D eigenvalue weighted by Gasteiger charge is 2.13. The van der Waals surface area contributed by atoms with Gasteiger partial charge < -0.3 is 14.7 Å². The SMILES string of the molecule is CCN(C)c1cc2oc3cc(=N)c(C)cc-3nc2cc1C. The van der Waals surface area contributed by atoms with Crippen molar-refractivity contribution in [3.63, 3.8) is 0 Å². The topological polar surface area (TPSA) is 53.1 Å². The number of nitrogens with one attached hydrogen (secondary N) is 1. The minimum atomic E-state index is 0.477. The summed E-state index contributed by atoms with van der Waals surface area (Å²) in [4.78, 5) is 6.85. The Hall–Kier alpha value is -2.36. The van der Waals surface area contributed by atoms with Gasteiger partial charge in [0.1, 0.15) is 11.2 Å². The van der Waals surface area contributed by atoms with Gasteiger partial charge in [0.15, 0.2) is 11.3 Å². The molecule has 0 saturated heterocycles. The van der Waals surface area contributed by atoms with Crippen molar-refractivity contribution < 1.29 is 4.42 Å². The van der Waals surface area contributed by atoms with Crippen LogP contribution in [0, 0.1) is 19.3 Å². The van der Waals surface area contributed by atoms with E-state index in [0.29, 0.717) is 11.1 Å². The molecule has 1 aliphatic heterocycles. The summed E-state index contributed by atoms with van der Waals surface area (Å²) in [6.45, 7) is 7.06. The maximum absolute atomic E-state index is 7.89. The molecule has 1 N–H and O–H groups in total. The van der Waals surface area contributed by atoms with Crippen molar-refractivity contribution in [2.24, 2.45) is 0 Å². The molecule has 0 spiro atoms. The van der Waals surface area contributed by atoms with Gasteiger partial charge in [-0.1, -0.05) is 0 Å². The molecule has 0 aromatic heterocycles. The summed E-state index contributed by atoms with van der Waals surface area (Å²) in [5, 5.41) is 8.37. The van der Waals surface area contributed by atoms with E-state index >= 15 is 0 Å². The lowest BCUT2D eigenvalue weighted by Crippen LogP contribution is -2.16. The molecule has 2 aliphatic rings. The molecule has 4 nitrogen and oxygen atoms in total. The minimum absolute atomic E-state index is 0.477.